The third-order valence-corrected chi connectivity index (χ3v) is 3.00. The highest BCUT2D eigenvalue weighted by atomic mass is 32.2. The summed E-state index contributed by atoms with van der Waals surface area (Å²) in [7, 11) is -3.96. The van der Waals surface area contributed by atoms with Crippen LogP contribution in [-0.2, 0) is 21.5 Å². The molecular formula is C11H13N3O4S. The molecule has 7 nitrogen and oxygen atoms in total. The minimum atomic E-state index is -3.96. The average molecular weight is 283 g/mol. The first-order valence-corrected chi connectivity index (χ1v) is 6.88. The van der Waals surface area contributed by atoms with Gasteiger partial charge in [-0.3, -0.25) is 0 Å². The van der Waals surface area contributed by atoms with Gasteiger partial charge in [0.1, 0.15) is 0 Å². The fraction of sp³-hybridized carbons (Fsp3) is 0.273. The van der Waals surface area contributed by atoms with Crippen LogP contribution in [0.3, 0.4) is 0 Å². The summed E-state index contributed by atoms with van der Waals surface area (Å²) in [4.78, 5) is 11.0. The number of benzene rings is 1. The summed E-state index contributed by atoms with van der Waals surface area (Å²) in [6.45, 7) is 1.65. The second-order valence-electron chi connectivity index (χ2n) is 3.46. The van der Waals surface area contributed by atoms with Crippen molar-refractivity contribution in [2.75, 3.05) is 6.61 Å². The molecule has 1 amide bonds. The van der Waals surface area contributed by atoms with E-state index in [4.69, 9.17) is 5.26 Å². The van der Waals surface area contributed by atoms with Gasteiger partial charge in [0.05, 0.1) is 18.2 Å². The number of amides is 1. The summed E-state index contributed by atoms with van der Waals surface area (Å²) < 4.78 is 31.2. The standard InChI is InChI=1S/C11H13N3O4S/c1-2-18-11(15)14-19(16,17)13-8-10-5-3-9(7-12)4-6-10/h3-6,13H,2,8H2,1H3,(H,14,15). The fourth-order valence-electron chi connectivity index (χ4n) is 1.18. The molecule has 0 aliphatic rings. The molecule has 0 radical (unpaired) electrons. The molecule has 0 spiro atoms. The topological polar surface area (TPSA) is 108 Å². The zero-order valence-corrected chi connectivity index (χ0v) is 11.0. The number of ether oxygens (including phenoxy) is 1. The van der Waals surface area contributed by atoms with E-state index < -0.39 is 16.3 Å². The van der Waals surface area contributed by atoms with Crippen LogP contribution in [0.25, 0.3) is 0 Å². The minimum Gasteiger partial charge on any atom is -0.449 e. The molecule has 0 aliphatic heterocycles. The van der Waals surface area contributed by atoms with Gasteiger partial charge in [-0.25, -0.2) is 9.52 Å². The second-order valence-corrected chi connectivity index (χ2v) is 4.96. The van der Waals surface area contributed by atoms with E-state index in [1.54, 1.807) is 35.9 Å². The number of nitrogens with zero attached hydrogens (tertiary/aromatic N) is 1. The molecule has 1 aromatic carbocycles. The molecule has 8 heteroatoms. The van der Waals surface area contributed by atoms with Crippen molar-refractivity contribution in [3.8, 4) is 6.07 Å². The summed E-state index contributed by atoms with van der Waals surface area (Å²) >= 11 is 0. The largest absolute Gasteiger partial charge is 0.449 e. The van der Waals surface area contributed by atoms with Crippen LogP contribution in [0.1, 0.15) is 18.1 Å². The van der Waals surface area contributed by atoms with Crippen LogP contribution in [0.5, 0.6) is 0 Å². The maximum Gasteiger partial charge on any atom is 0.421 e. The predicted octanol–water partition coefficient (Wildman–Crippen LogP) is 0.639. The Labute approximate surface area is 111 Å². The van der Waals surface area contributed by atoms with E-state index >= 15 is 0 Å². The molecule has 1 rings (SSSR count). The zero-order chi connectivity index (χ0) is 14.3. The smallest absolute Gasteiger partial charge is 0.421 e. The Kier molecular flexibility index (Phi) is 5.29. The first kappa shape index (κ1) is 14.9. The van der Waals surface area contributed by atoms with Crippen LogP contribution in [0, 0.1) is 11.3 Å². The highest BCUT2D eigenvalue weighted by Crippen LogP contribution is 2.03. The first-order chi connectivity index (χ1) is 8.96. The van der Waals surface area contributed by atoms with Crippen molar-refractivity contribution in [3.05, 3.63) is 35.4 Å². The summed E-state index contributed by atoms with van der Waals surface area (Å²) in [5.74, 6) is 0. The Balaban J connectivity index is 2.55. The van der Waals surface area contributed by atoms with Crippen LogP contribution in [-0.4, -0.2) is 21.1 Å². The Morgan fingerprint density at radius 3 is 2.53 bits per heavy atom. The number of carbonyl (C=O) groups excluding carboxylic acids is 1. The lowest BCUT2D eigenvalue weighted by molar-refractivity contribution is 0.158. The van der Waals surface area contributed by atoms with Crippen LogP contribution in [0.15, 0.2) is 24.3 Å². The van der Waals surface area contributed by atoms with Crippen LogP contribution in [0.4, 0.5) is 4.79 Å². The number of rotatable bonds is 5. The Bertz CT molecular complexity index is 575. The molecule has 0 saturated heterocycles. The number of nitrogens with one attached hydrogen (secondary N) is 2. The molecule has 19 heavy (non-hydrogen) atoms. The highest BCUT2D eigenvalue weighted by Gasteiger charge is 2.14. The van der Waals surface area contributed by atoms with Gasteiger partial charge in [0.15, 0.2) is 0 Å². The molecule has 0 fully saturated rings. The van der Waals surface area contributed by atoms with Gasteiger partial charge in [0.25, 0.3) is 0 Å². The van der Waals surface area contributed by atoms with Crippen molar-refractivity contribution >= 4 is 16.3 Å². The fourth-order valence-corrected chi connectivity index (χ4v) is 1.89. The lowest BCUT2D eigenvalue weighted by Gasteiger charge is -2.08. The number of hydrogen-bond donors (Lipinski definition) is 2. The van der Waals surface area contributed by atoms with E-state index in [9.17, 15) is 13.2 Å². The van der Waals surface area contributed by atoms with Crippen LogP contribution in [0.2, 0.25) is 0 Å². The lowest BCUT2D eigenvalue weighted by Crippen LogP contribution is -2.40. The van der Waals surface area contributed by atoms with E-state index in [-0.39, 0.29) is 13.2 Å². The van der Waals surface area contributed by atoms with Crippen molar-refractivity contribution in [2.45, 2.75) is 13.5 Å². The van der Waals surface area contributed by atoms with Gasteiger partial charge >= 0.3 is 16.3 Å². The Morgan fingerprint density at radius 1 is 1.37 bits per heavy atom. The highest BCUT2D eigenvalue weighted by molar-refractivity contribution is 7.88. The zero-order valence-electron chi connectivity index (χ0n) is 10.2. The monoisotopic (exact) mass is 283 g/mol. The number of hydrogen-bond acceptors (Lipinski definition) is 5. The molecule has 0 unspecified atom stereocenters. The van der Waals surface area contributed by atoms with Gasteiger partial charge in [-0.15, -0.1) is 0 Å². The summed E-state index contributed by atoms with van der Waals surface area (Å²) in [6.07, 6.45) is -1.03. The van der Waals surface area contributed by atoms with Gasteiger partial charge in [-0.2, -0.15) is 18.4 Å². The van der Waals surface area contributed by atoms with E-state index in [1.165, 1.54) is 0 Å². The van der Waals surface area contributed by atoms with Crippen molar-refractivity contribution in [2.24, 2.45) is 0 Å². The molecule has 0 aromatic heterocycles. The Hall–Kier alpha value is -2.11. The number of carbonyl (C=O) groups is 1. The van der Waals surface area contributed by atoms with Gasteiger partial charge in [-0.1, -0.05) is 12.1 Å². The molecule has 0 heterocycles. The molecule has 102 valence electrons. The molecule has 0 aliphatic carbocycles. The Morgan fingerprint density at radius 2 is 2.00 bits per heavy atom. The van der Waals surface area contributed by atoms with Crippen molar-refractivity contribution in [1.29, 1.82) is 5.26 Å². The summed E-state index contributed by atoms with van der Waals surface area (Å²) in [6, 6.07) is 8.33. The molecular weight excluding hydrogens is 270 g/mol. The van der Waals surface area contributed by atoms with Crippen LogP contribution >= 0.6 is 0 Å². The lowest BCUT2D eigenvalue weighted by atomic mass is 10.1. The van der Waals surface area contributed by atoms with Crippen molar-refractivity contribution in [1.82, 2.24) is 9.44 Å². The van der Waals surface area contributed by atoms with Gasteiger partial charge in [-0.05, 0) is 24.6 Å². The van der Waals surface area contributed by atoms with Crippen molar-refractivity contribution in [3.63, 3.8) is 0 Å². The third kappa shape index (κ3) is 5.37. The van der Waals surface area contributed by atoms with E-state index in [0.717, 1.165) is 0 Å². The maximum atomic E-state index is 11.4. The second kappa shape index (κ2) is 6.72. The van der Waals surface area contributed by atoms with E-state index in [0.29, 0.717) is 11.1 Å². The molecule has 0 bridgehead atoms. The normalized spacial score (nSPS) is 10.5. The quantitative estimate of drug-likeness (QED) is 0.824. The summed E-state index contributed by atoms with van der Waals surface area (Å²) in [5.41, 5.74) is 1.14. The van der Waals surface area contributed by atoms with Gasteiger partial charge < -0.3 is 4.74 Å². The minimum absolute atomic E-state index is 0.000443. The third-order valence-electron chi connectivity index (χ3n) is 2.04. The molecule has 2 N–H and O–H groups in total. The summed E-state index contributed by atoms with van der Waals surface area (Å²) in [5, 5.41) is 8.61. The molecule has 1 aromatic rings. The van der Waals surface area contributed by atoms with E-state index in [1.807, 2.05) is 6.07 Å². The van der Waals surface area contributed by atoms with Crippen molar-refractivity contribution < 1.29 is 17.9 Å². The van der Waals surface area contributed by atoms with Crippen LogP contribution < -0.4 is 9.44 Å². The number of nitriles is 1. The molecule has 0 saturated carbocycles. The maximum absolute atomic E-state index is 11.4. The first-order valence-electron chi connectivity index (χ1n) is 5.40. The SMILES string of the molecule is CCOC(=O)NS(=O)(=O)NCc1ccc(C#N)cc1. The average Bonchev–Trinajstić information content (AvgIpc) is 2.37. The van der Waals surface area contributed by atoms with E-state index in [2.05, 4.69) is 9.46 Å². The predicted molar refractivity (Wildman–Crippen MR) is 67.1 cm³/mol. The molecule has 0 atom stereocenters. The van der Waals surface area contributed by atoms with Gasteiger partial charge in [0.2, 0.25) is 0 Å². The van der Waals surface area contributed by atoms with Gasteiger partial charge in [0, 0.05) is 6.54 Å².